The monoisotopic (exact) mass is 446 g/mol. The van der Waals surface area contributed by atoms with Crippen LogP contribution in [0.1, 0.15) is 24.0 Å². The van der Waals surface area contributed by atoms with Gasteiger partial charge in [-0.2, -0.15) is 13.2 Å². The molecule has 0 aliphatic carbocycles. The molecule has 0 unspecified atom stereocenters. The molecule has 5 nitrogen and oxygen atoms in total. The minimum Gasteiger partial charge on any atom is -0.393 e. The van der Waals surface area contributed by atoms with Gasteiger partial charge >= 0.3 is 5.51 Å². The van der Waals surface area contributed by atoms with E-state index in [-0.39, 0.29) is 18.3 Å². The van der Waals surface area contributed by atoms with Crippen molar-refractivity contribution in [3.05, 3.63) is 59.4 Å². The van der Waals surface area contributed by atoms with Crippen LogP contribution in [-0.2, 0) is 22.9 Å². The van der Waals surface area contributed by atoms with Crippen LogP contribution in [0.2, 0.25) is 0 Å². The van der Waals surface area contributed by atoms with Gasteiger partial charge in [0.25, 0.3) is 9.84 Å². The van der Waals surface area contributed by atoms with Gasteiger partial charge in [-0.15, -0.1) is 0 Å². The third-order valence-electron chi connectivity index (χ3n) is 5.08. The second kappa shape index (κ2) is 8.91. The van der Waals surface area contributed by atoms with Gasteiger partial charge in [0.2, 0.25) is 0 Å². The number of aliphatic hydroxyl groups excluding tert-OH is 1. The number of sulfone groups is 1. The van der Waals surface area contributed by atoms with Gasteiger partial charge in [0, 0.05) is 26.2 Å². The molecule has 3 rings (SSSR count). The van der Waals surface area contributed by atoms with Crippen molar-refractivity contribution in [2.45, 2.75) is 42.4 Å². The lowest BCUT2D eigenvalue weighted by atomic mass is 10.0. The molecule has 1 fully saturated rings. The van der Waals surface area contributed by atoms with E-state index in [4.69, 9.17) is 0 Å². The number of nitrogens with one attached hydrogen (secondary N) is 1. The van der Waals surface area contributed by atoms with E-state index in [2.05, 4.69) is 10.2 Å². The third-order valence-corrected chi connectivity index (χ3v) is 6.60. The van der Waals surface area contributed by atoms with Crippen LogP contribution in [0.5, 0.6) is 0 Å². The van der Waals surface area contributed by atoms with Crippen molar-refractivity contribution in [1.82, 2.24) is 4.90 Å². The molecule has 2 aromatic carbocycles. The largest absolute Gasteiger partial charge is 0.501 e. The standard InChI is InChI=1S/C20H22F4N2O3S/c21-16-5-6-18(19(11-16)30(28,29)20(22,23)24)25-12-14-3-1-2-4-15(14)13-26-9-7-17(27)8-10-26/h1-6,11,17,25,27H,7-10,12-13H2. The Balaban J connectivity index is 1.80. The highest BCUT2D eigenvalue weighted by atomic mass is 32.2. The number of halogens is 4. The number of hydrogen-bond donors (Lipinski definition) is 2. The molecule has 2 N–H and O–H groups in total. The van der Waals surface area contributed by atoms with Gasteiger partial charge in [-0.1, -0.05) is 24.3 Å². The fourth-order valence-electron chi connectivity index (χ4n) is 3.38. The Bertz CT molecular complexity index is 988. The van der Waals surface area contributed by atoms with Crippen molar-refractivity contribution in [3.63, 3.8) is 0 Å². The maximum atomic E-state index is 13.5. The van der Waals surface area contributed by atoms with E-state index in [1.165, 1.54) is 0 Å². The molecule has 10 heteroatoms. The number of rotatable bonds is 6. The average molecular weight is 446 g/mol. The predicted octanol–water partition coefficient (Wildman–Crippen LogP) is 3.69. The summed E-state index contributed by atoms with van der Waals surface area (Å²) in [5.74, 6) is -1.07. The van der Waals surface area contributed by atoms with E-state index < -0.39 is 26.1 Å². The summed E-state index contributed by atoms with van der Waals surface area (Å²) in [6.45, 7) is 2.13. The number of anilines is 1. The van der Waals surface area contributed by atoms with Gasteiger partial charge in [0.1, 0.15) is 10.7 Å². The number of nitrogens with zero attached hydrogens (tertiary/aromatic N) is 1. The molecule has 0 saturated carbocycles. The Morgan fingerprint density at radius 1 is 1.07 bits per heavy atom. The first kappa shape index (κ1) is 22.5. The summed E-state index contributed by atoms with van der Waals surface area (Å²) >= 11 is 0. The summed E-state index contributed by atoms with van der Waals surface area (Å²) in [5.41, 5.74) is -4.13. The van der Waals surface area contributed by atoms with Gasteiger partial charge in [-0.25, -0.2) is 12.8 Å². The predicted molar refractivity (Wildman–Crippen MR) is 104 cm³/mol. The van der Waals surface area contributed by atoms with E-state index in [0.717, 1.165) is 36.3 Å². The summed E-state index contributed by atoms with van der Waals surface area (Å²) in [4.78, 5) is 1.03. The first-order valence-electron chi connectivity index (χ1n) is 9.40. The van der Waals surface area contributed by atoms with Crippen LogP contribution in [0.25, 0.3) is 0 Å². The number of benzene rings is 2. The molecule has 1 aliphatic heterocycles. The molecule has 0 atom stereocenters. The summed E-state index contributed by atoms with van der Waals surface area (Å²) in [5, 5.41) is 12.3. The van der Waals surface area contributed by atoms with Crippen LogP contribution < -0.4 is 5.32 Å². The number of alkyl halides is 3. The first-order chi connectivity index (χ1) is 14.1. The quantitative estimate of drug-likeness (QED) is 0.663. The SMILES string of the molecule is O=S(=O)(c1cc(F)ccc1NCc1ccccc1CN1CCC(O)CC1)C(F)(F)F. The van der Waals surface area contributed by atoms with E-state index in [1.807, 2.05) is 12.1 Å². The Morgan fingerprint density at radius 2 is 1.70 bits per heavy atom. The highest BCUT2D eigenvalue weighted by molar-refractivity contribution is 7.92. The fourth-order valence-corrected chi connectivity index (χ4v) is 4.33. The highest BCUT2D eigenvalue weighted by Gasteiger charge is 2.48. The molecule has 1 heterocycles. The lowest BCUT2D eigenvalue weighted by molar-refractivity contribution is -0.0435. The minimum absolute atomic E-state index is 0.0681. The fraction of sp³-hybridized carbons (Fsp3) is 0.400. The van der Waals surface area contributed by atoms with Crippen LogP contribution in [0.15, 0.2) is 47.4 Å². The average Bonchev–Trinajstić information content (AvgIpc) is 2.69. The molecule has 164 valence electrons. The molecule has 1 aliphatic rings. The van der Waals surface area contributed by atoms with Crippen molar-refractivity contribution >= 4 is 15.5 Å². The molecule has 1 saturated heterocycles. The van der Waals surface area contributed by atoms with E-state index in [1.54, 1.807) is 12.1 Å². The van der Waals surface area contributed by atoms with Crippen molar-refractivity contribution in [3.8, 4) is 0 Å². The van der Waals surface area contributed by atoms with Crippen molar-refractivity contribution in [2.24, 2.45) is 0 Å². The number of piperidine rings is 1. The van der Waals surface area contributed by atoms with Crippen LogP contribution in [-0.4, -0.2) is 43.1 Å². The Morgan fingerprint density at radius 3 is 2.33 bits per heavy atom. The van der Waals surface area contributed by atoms with E-state index >= 15 is 0 Å². The smallest absolute Gasteiger partial charge is 0.393 e. The van der Waals surface area contributed by atoms with Crippen LogP contribution in [0.3, 0.4) is 0 Å². The van der Waals surface area contributed by atoms with E-state index in [0.29, 0.717) is 25.5 Å². The summed E-state index contributed by atoms with van der Waals surface area (Å²) in [7, 11) is -5.71. The Kier molecular flexibility index (Phi) is 6.68. The first-order valence-corrected chi connectivity index (χ1v) is 10.9. The maximum Gasteiger partial charge on any atom is 0.501 e. The minimum atomic E-state index is -5.71. The Hall–Kier alpha value is -2.17. The number of likely N-dealkylation sites (tertiary alicyclic amines) is 1. The van der Waals surface area contributed by atoms with Crippen LogP contribution in [0, 0.1) is 5.82 Å². The summed E-state index contributed by atoms with van der Waals surface area (Å²) in [6.07, 6.45) is 1.05. The van der Waals surface area contributed by atoms with E-state index in [9.17, 15) is 31.1 Å². The molecule has 0 amide bonds. The van der Waals surface area contributed by atoms with Gasteiger partial charge in [0.15, 0.2) is 0 Å². The molecular weight excluding hydrogens is 424 g/mol. The van der Waals surface area contributed by atoms with Gasteiger partial charge in [0.05, 0.1) is 11.8 Å². The molecule has 0 bridgehead atoms. The molecule has 0 aromatic heterocycles. The van der Waals surface area contributed by atoms with Gasteiger partial charge in [-0.3, -0.25) is 4.90 Å². The van der Waals surface area contributed by atoms with Crippen molar-refractivity contribution in [2.75, 3.05) is 18.4 Å². The normalized spacial score (nSPS) is 16.6. The second-order valence-electron chi connectivity index (χ2n) is 7.22. The molecular formula is C20H22F4N2O3S. The topological polar surface area (TPSA) is 69.6 Å². The number of hydrogen-bond acceptors (Lipinski definition) is 5. The zero-order valence-corrected chi connectivity index (χ0v) is 16.8. The van der Waals surface area contributed by atoms with Crippen LogP contribution in [0.4, 0.5) is 23.2 Å². The molecule has 2 aromatic rings. The van der Waals surface area contributed by atoms with Crippen molar-refractivity contribution in [1.29, 1.82) is 0 Å². The maximum absolute atomic E-state index is 13.5. The zero-order valence-electron chi connectivity index (χ0n) is 16.0. The molecule has 30 heavy (non-hydrogen) atoms. The van der Waals surface area contributed by atoms with Crippen LogP contribution >= 0.6 is 0 Å². The summed E-state index contributed by atoms with van der Waals surface area (Å²) in [6, 6.07) is 9.57. The van der Waals surface area contributed by atoms with Crippen molar-refractivity contribution < 1.29 is 31.1 Å². The highest BCUT2D eigenvalue weighted by Crippen LogP contribution is 2.35. The second-order valence-corrected chi connectivity index (χ2v) is 9.13. The third kappa shape index (κ3) is 5.11. The zero-order chi connectivity index (χ0) is 21.9. The molecule has 0 spiro atoms. The Labute approximate surface area is 172 Å². The summed E-state index contributed by atoms with van der Waals surface area (Å²) < 4.78 is 76.1. The number of aliphatic hydroxyl groups is 1. The lowest BCUT2D eigenvalue weighted by Gasteiger charge is -2.30. The van der Waals surface area contributed by atoms with Gasteiger partial charge < -0.3 is 10.4 Å². The lowest BCUT2D eigenvalue weighted by Crippen LogP contribution is -2.35. The van der Waals surface area contributed by atoms with Gasteiger partial charge in [-0.05, 0) is 42.2 Å². The molecule has 0 radical (unpaired) electrons.